The first-order valence-corrected chi connectivity index (χ1v) is 3.60. The molecule has 0 aromatic carbocycles. The van der Waals surface area contributed by atoms with Crippen molar-refractivity contribution in [3.8, 4) is 0 Å². The Kier molecular flexibility index (Phi) is 4.45. The van der Waals surface area contributed by atoms with Crippen LogP contribution in [0.2, 0.25) is 0 Å². The lowest BCUT2D eigenvalue weighted by molar-refractivity contribution is 2.03. The van der Waals surface area contributed by atoms with Crippen molar-refractivity contribution in [1.29, 1.82) is 0 Å². The van der Waals surface area contributed by atoms with Gasteiger partial charge in [0.05, 0.1) is 0 Å². The first-order valence-electron chi connectivity index (χ1n) is 1.86. The number of hydrogen-bond donors (Lipinski definition) is 1. The molecule has 40 valence electrons. The van der Waals surface area contributed by atoms with Gasteiger partial charge in [0, 0.05) is 4.91 Å². The monoisotopic (exact) mass is 132 g/mol. The zero-order valence-electron chi connectivity index (χ0n) is 4.22. The van der Waals surface area contributed by atoms with Crippen LogP contribution in [0.25, 0.3) is 0 Å². The molecule has 0 fully saturated rings. The number of thiol groups is 1. The van der Waals surface area contributed by atoms with Gasteiger partial charge in [-0.05, 0) is 11.7 Å². The Balaban J connectivity index is 3.60. The van der Waals surface area contributed by atoms with Crippen LogP contribution in [0, 0.1) is 0 Å². The lowest BCUT2D eigenvalue weighted by atomic mass is 10.6. The number of hydrogen-bond acceptors (Lipinski definition) is 2. The van der Waals surface area contributed by atoms with Crippen LogP contribution in [-0.2, 0) is 0 Å². The van der Waals surface area contributed by atoms with Crippen molar-refractivity contribution in [2.24, 2.45) is 0 Å². The first kappa shape index (κ1) is 7.18. The molecule has 2 heteroatoms. The van der Waals surface area contributed by atoms with E-state index < -0.39 is 0 Å². The highest BCUT2D eigenvalue weighted by molar-refractivity contribution is 8.03. The number of thioether (sulfide) groups is 1. The van der Waals surface area contributed by atoms with Gasteiger partial charge in [-0.2, -0.15) is 12.6 Å². The molecule has 0 saturated heterocycles. The molecule has 0 aliphatic carbocycles. The van der Waals surface area contributed by atoms with Crippen LogP contribution in [0.3, 0.4) is 0 Å². The van der Waals surface area contributed by atoms with Crippen LogP contribution >= 0.6 is 24.4 Å². The normalized spacial score (nSPS) is 11.4. The molecule has 0 aliphatic rings. The van der Waals surface area contributed by atoms with Gasteiger partial charge in [0.15, 0.2) is 0 Å². The number of allylic oxidation sites excluding steroid dienone is 1. The zero-order valence-corrected chi connectivity index (χ0v) is 5.93. The average molecular weight is 132 g/mol. The predicted molar refractivity (Wildman–Crippen MR) is 40.8 cm³/mol. The van der Waals surface area contributed by atoms with E-state index in [2.05, 4.69) is 19.2 Å². The maximum Gasteiger partial charge on any atom is 0.0124 e. The first-order chi connectivity index (χ1) is 3.35. The topological polar surface area (TPSA) is 0 Å². The van der Waals surface area contributed by atoms with Crippen molar-refractivity contribution < 1.29 is 0 Å². The smallest absolute Gasteiger partial charge is 0.0124 e. The van der Waals surface area contributed by atoms with E-state index in [1.165, 1.54) is 0 Å². The highest BCUT2D eigenvalue weighted by Gasteiger charge is 1.78. The standard InChI is InChI=1S/C5H8S2/c1-3-5(4-6)7-2/h3-4,6H,1H2,2H3/b5-4-. The summed E-state index contributed by atoms with van der Waals surface area (Å²) < 4.78 is 0. The van der Waals surface area contributed by atoms with E-state index in [0.717, 1.165) is 4.91 Å². The molecule has 0 unspecified atom stereocenters. The summed E-state index contributed by atoms with van der Waals surface area (Å²) in [6, 6.07) is 0. The van der Waals surface area contributed by atoms with E-state index >= 15 is 0 Å². The molecule has 0 radical (unpaired) electrons. The molecule has 0 rings (SSSR count). The van der Waals surface area contributed by atoms with Crippen molar-refractivity contribution in [1.82, 2.24) is 0 Å². The molecule has 0 spiro atoms. The van der Waals surface area contributed by atoms with E-state index in [1.54, 1.807) is 23.2 Å². The summed E-state index contributed by atoms with van der Waals surface area (Å²) >= 11 is 5.56. The minimum absolute atomic E-state index is 1.10. The van der Waals surface area contributed by atoms with Crippen molar-refractivity contribution in [2.75, 3.05) is 6.26 Å². The van der Waals surface area contributed by atoms with Crippen LogP contribution in [0.15, 0.2) is 23.0 Å². The van der Waals surface area contributed by atoms with E-state index in [4.69, 9.17) is 0 Å². The SMILES string of the molecule is C=C/C(=C/S)SC. The summed E-state index contributed by atoms with van der Waals surface area (Å²) in [6.45, 7) is 3.56. The Hall–Kier alpha value is 0.180. The highest BCUT2D eigenvalue weighted by Crippen LogP contribution is 2.11. The van der Waals surface area contributed by atoms with Gasteiger partial charge in [0.25, 0.3) is 0 Å². The summed E-state index contributed by atoms with van der Waals surface area (Å²) in [5, 5.41) is 1.73. The molecule has 0 atom stereocenters. The average Bonchev–Trinajstić information content (AvgIpc) is 1.72. The van der Waals surface area contributed by atoms with Gasteiger partial charge >= 0.3 is 0 Å². The van der Waals surface area contributed by atoms with Crippen LogP contribution in [0.5, 0.6) is 0 Å². The third-order valence-electron chi connectivity index (χ3n) is 0.564. The van der Waals surface area contributed by atoms with Gasteiger partial charge in [-0.3, -0.25) is 0 Å². The number of rotatable bonds is 2. The highest BCUT2D eigenvalue weighted by atomic mass is 32.2. The Bertz CT molecular complexity index is 84.1. The van der Waals surface area contributed by atoms with E-state index in [-0.39, 0.29) is 0 Å². The minimum atomic E-state index is 1.10. The predicted octanol–water partition coefficient (Wildman–Crippen LogP) is 2.31. The quantitative estimate of drug-likeness (QED) is 0.444. The molecule has 0 amide bonds. The van der Waals surface area contributed by atoms with Crippen molar-refractivity contribution in [3.05, 3.63) is 23.0 Å². The van der Waals surface area contributed by atoms with Crippen LogP contribution in [0.1, 0.15) is 0 Å². The maximum atomic E-state index is 3.92. The Morgan fingerprint density at radius 3 is 2.43 bits per heavy atom. The van der Waals surface area contributed by atoms with E-state index in [9.17, 15) is 0 Å². The molecule has 0 bridgehead atoms. The second-order valence-corrected chi connectivity index (χ2v) is 2.08. The second kappa shape index (κ2) is 4.34. The molecule has 0 nitrogen and oxygen atoms in total. The van der Waals surface area contributed by atoms with E-state index in [0.29, 0.717) is 0 Å². The van der Waals surface area contributed by atoms with Crippen molar-refractivity contribution >= 4 is 24.4 Å². The molecule has 0 aliphatic heterocycles. The fourth-order valence-corrected chi connectivity index (χ4v) is 0.882. The minimum Gasteiger partial charge on any atom is -0.150 e. The van der Waals surface area contributed by atoms with Crippen molar-refractivity contribution in [3.63, 3.8) is 0 Å². The fraction of sp³-hybridized carbons (Fsp3) is 0.200. The molecule has 0 N–H and O–H groups in total. The fourth-order valence-electron chi connectivity index (χ4n) is 0.189. The third-order valence-corrected chi connectivity index (χ3v) is 1.77. The largest absolute Gasteiger partial charge is 0.150 e. The van der Waals surface area contributed by atoms with Crippen LogP contribution in [-0.4, -0.2) is 6.26 Å². The van der Waals surface area contributed by atoms with Gasteiger partial charge < -0.3 is 0 Å². The molecular formula is C5H8S2. The maximum absolute atomic E-state index is 3.92. The second-order valence-electron chi connectivity index (χ2n) is 0.940. The van der Waals surface area contributed by atoms with Gasteiger partial charge in [0.2, 0.25) is 0 Å². The van der Waals surface area contributed by atoms with Crippen LogP contribution in [0.4, 0.5) is 0 Å². The van der Waals surface area contributed by atoms with Crippen LogP contribution < -0.4 is 0 Å². The molecule has 0 aromatic heterocycles. The van der Waals surface area contributed by atoms with Gasteiger partial charge in [0.1, 0.15) is 0 Å². The van der Waals surface area contributed by atoms with Gasteiger partial charge in [-0.15, -0.1) is 11.8 Å². The lowest BCUT2D eigenvalue weighted by Crippen LogP contribution is -1.58. The molecule has 0 saturated carbocycles. The summed E-state index contributed by atoms with van der Waals surface area (Å²) in [4.78, 5) is 1.10. The summed E-state index contributed by atoms with van der Waals surface area (Å²) in [5.74, 6) is 0. The van der Waals surface area contributed by atoms with Crippen molar-refractivity contribution in [2.45, 2.75) is 0 Å². The zero-order chi connectivity index (χ0) is 5.70. The molecular weight excluding hydrogens is 124 g/mol. The Labute approximate surface area is 54.1 Å². The molecule has 0 heterocycles. The summed E-state index contributed by atoms with van der Waals surface area (Å²) in [7, 11) is 0. The lowest BCUT2D eigenvalue weighted by Gasteiger charge is -1.87. The Morgan fingerprint density at radius 1 is 1.86 bits per heavy atom. The van der Waals surface area contributed by atoms with Gasteiger partial charge in [-0.25, -0.2) is 0 Å². The molecule has 7 heavy (non-hydrogen) atoms. The van der Waals surface area contributed by atoms with E-state index in [1.807, 2.05) is 6.26 Å². The summed E-state index contributed by atoms with van der Waals surface area (Å²) in [5.41, 5.74) is 0. The Morgan fingerprint density at radius 2 is 2.43 bits per heavy atom. The third kappa shape index (κ3) is 2.83. The summed E-state index contributed by atoms with van der Waals surface area (Å²) in [6.07, 6.45) is 3.77. The van der Waals surface area contributed by atoms with Gasteiger partial charge in [-0.1, -0.05) is 12.7 Å². The molecule has 0 aromatic rings.